The summed E-state index contributed by atoms with van der Waals surface area (Å²) in [6, 6.07) is 8.08. The summed E-state index contributed by atoms with van der Waals surface area (Å²) in [5.41, 5.74) is 1.14. The number of hydrogen-bond donors (Lipinski definition) is 1. The summed E-state index contributed by atoms with van der Waals surface area (Å²) in [5, 5.41) is 3.02. The Morgan fingerprint density at radius 2 is 2.12 bits per heavy atom. The zero-order valence-electron chi connectivity index (χ0n) is 14.4. The summed E-state index contributed by atoms with van der Waals surface area (Å²) < 4.78 is 10.9. The Labute approximate surface area is 143 Å². The Balaban J connectivity index is 1.44. The summed E-state index contributed by atoms with van der Waals surface area (Å²) in [5.74, 6) is 0.861. The van der Waals surface area contributed by atoms with Gasteiger partial charge in [-0.25, -0.2) is 4.79 Å². The molecule has 2 saturated heterocycles. The van der Waals surface area contributed by atoms with Crippen molar-refractivity contribution >= 4 is 11.7 Å². The van der Waals surface area contributed by atoms with E-state index in [2.05, 4.69) is 16.3 Å². The van der Waals surface area contributed by atoms with E-state index in [9.17, 15) is 4.79 Å². The van der Waals surface area contributed by atoms with Gasteiger partial charge in [-0.15, -0.1) is 0 Å². The third kappa shape index (κ3) is 4.32. The fourth-order valence-corrected chi connectivity index (χ4v) is 3.26. The van der Waals surface area contributed by atoms with Gasteiger partial charge in [-0.05, 0) is 31.4 Å². The number of amides is 2. The number of ether oxygens (including phenoxy) is 2. The SMILES string of the molecule is COc1cccc(N2CCN(C(=O)NC[C@H]3CCCCO3)CC2)c1. The zero-order valence-corrected chi connectivity index (χ0v) is 14.4. The quantitative estimate of drug-likeness (QED) is 0.917. The van der Waals surface area contributed by atoms with Crippen molar-refractivity contribution in [3.63, 3.8) is 0 Å². The van der Waals surface area contributed by atoms with E-state index >= 15 is 0 Å². The molecule has 2 aliphatic heterocycles. The molecule has 0 aromatic heterocycles. The molecule has 0 saturated carbocycles. The van der Waals surface area contributed by atoms with Crippen molar-refractivity contribution in [2.45, 2.75) is 25.4 Å². The fraction of sp³-hybridized carbons (Fsp3) is 0.611. The monoisotopic (exact) mass is 333 g/mol. The molecule has 0 bridgehead atoms. The zero-order chi connectivity index (χ0) is 16.8. The predicted octanol–water partition coefficient (Wildman–Crippen LogP) is 2.10. The van der Waals surface area contributed by atoms with Crippen LogP contribution in [0.25, 0.3) is 0 Å². The van der Waals surface area contributed by atoms with Crippen LogP contribution in [0.1, 0.15) is 19.3 Å². The molecule has 2 fully saturated rings. The summed E-state index contributed by atoms with van der Waals surface area (Å²) in [4.78, 5) is 16.5. The minimum absolute atomic E-state index is 0.0227. The van der Waals surface area contributed by atoms with Crippen molar-refractivity contribution < 1.29 is 14.3 Å². The van der Waals surface area contributed by atoms with E-state index in [4.69, 9.17) is 9.47 Å². The number of nitrogens with one attached hydrogen (secondary N) is 1. The highest BCUT2D eigenvalue weighted by molar-refractivity contribution is 5.74. The molecule has 2 heterocycles. The van der Waals surface area contributed by atoms with E-state index in [1.54, 1.807) is 7.11 Å². The van der Waals surface area contributed by atoms with Gasteiger partial charge in [0.25, 0.3) is 0 Å². The van der Waals surface area contributed by atoms with Crippen LogP contribution >= 0.6 is 0 Å². The molecule has 0 spiro atoms. The summed E-state index contributed by atoms with van der Waals surface area (Å²) in [7, 11) is 1.68. The average Bonchev–Trinajstić information content (AvgIpc) is 2.67. The molecule has 0 aliphatic carbocycles. The van der Waals surface area contributed by atoms with Gasteiger partial charge in [0.05, 0.1) is 13.2 Å². The Morgan fingerprint density at radius 3 is 2.83 bits per heavy atom. The van der Waals surface area contributed by atoms with Crippen LogP contribution in [-0.4, -0.2) is 63.5 Å². The molecule has 0 unspecified atom stereocenters. The van der Waals surface area contributed by atoms with Crippen molar-refractivity contribution in [3.05, 3.63) is 24.3 Å². The Morgan fingerprint density at radius 1 is 1.29 bits per heavy atom. The van der Waals surface area contributed by atoms with Crippen LogP contribution < -0.4 is 15.0 Å². The first kappa shape index (κ1) is 16.9. The Kier molecular flexibility index (Phi) is 5.80. The van der Waals surface area contributed by atoms with Crippen LogP contribution in [0, 0.1) is 0 Å². The average molecular weight is 333 g/mol. The van der Waals surface area contributed by atoms with Crippen molar-refractivity contribution in [1.82, 2.24) is 10.2 Å². The summed E-state index contributed by atoms with van der Waals surface area (Å²) in [6.07, 6.45) is 3.56. The molecule has 1 N–H and O–H groups in total. The van der Waals surface area contributed by atoms with E-state index in [1.165, 1.54) is 6.42 Å². The number of methoxy groups -OCH3 is 1. The van der Waals surface area contributed by atoms with Gasteiger partial charge < -0.3 is 24.6 Å². The van der Waals surface area contributed by atoms with Crippen LogP contribution in [0.4, 0.5) is 10.5 Å². The number of anilines is 1. The molecule has 0 radical (unpaired) electrons. The van der Waals surface area contributed by atoms with E-state index < -0.39 is 0 Å². The maximum Gasteiger partial charge on any atom is 0.317 e. The van der Waals surface area contributed by atoms with Crippen LogP contribution in [0.2, 0.25) is 0 Å². The molecule has 2 amide bonds. The number of nitrogens with zero attached hydrogens (tertiary/aromatic N) is 2. The second-order valence-corrected chi connectivity index (χ2v) is 6.35. The number of benzene rings is 1. The number of carbonyl (C=O) groups is 1. The number of carbonyl (C=O) groups excluding carboxylic acids is 1. The number of piperazine rings is 1. The smallest absolute Gasteiger partial charge is 0.317 e. The van der Waals surface area contributed by atoms with Gasteiger partial charge in [0.15, 0.2) is 0 Å². The Bertz CT molecular complexity index is 538. The van der Waals surface area contributed by atoms with Gasteiger partial charge >= 0.3 is 6.03 Å². The predicted molar refractivity (Wildman–Crippen MR) is 93.8 cm³/mol. The number of urea groups is 1. The van der Waals surface area contributed by atoms with Gasteiger partial charge in [0, 0.05) is 51.1 Å². The molecule has 1 aromatic rings. The highest BCUT2D eigenvalue weighted by Crippen LogP contribution is 2.22. The van der Waals surface area contributed by atoms with Crippen LogP contribution in [0.5, 0.6) is 5.75 Å². The van der Waals surface area contributed by atoms with Crippen molar-refractivity contribution in [1.29, 1.82) is 0 Å². The lowest BCUT2D eigenvalue weighted by Crippen LogP contribution is -2.53. The molecule has 3 rings (SSSR count). The van der Waals surface area contributed by atoms with Crippen molar-refractivity contribution in [2.75, 3.05) is 51.3 Å². The lowest BCUT2D eigenvalue weighted by Gasteiger charge is -2.36. The van der Waals surface area contributed by atoms with Gasteiger partial charge in [-0.3, -0.25) is 0 Å². The molecule has 6 heteroatoms. The van der Waals surface area contributed by atoms with Gasteiger partial charge in [0.2, 0.25) is 0 Å². The summed E-state index contributed by atoms with van der Waals surface area (Å²) >= 11 is 0. The van der Waals surface area contributed by atoms with E-state index in [-0.39, 0.29) is 12.1 Å². The van der Waals surface area contributed by atoms with Gasteiger partial charge in [0.1, 0.15) is 5.75 Å². The maximum atomic E-state index is 12.3. The van der Waals surface area contributed by atoms with Gasteiger partial charge in [-0.1, -0.05) is 6.07 Å². The molecule has 2 aliphatic rings. The first-order valence-electron chi connectivity index (χ1n) is 8.79. The third-order valence-corrected chi connectivity index (χ3v) is 4.74. The van der Waals surface area contributed by atoms with Crippen LogP contribution in [0.3, 0.4) is 0 Å². The molecule has 24 heavy (non-hydrogen) atoms. The van der Waals surface area contributed by atoms with Crippen molar-refractivity contribution in [3.8, 4) is 5.75 Å². The minimum atomic E-state index is 0.0227. The fourth-order valence-electron chi connectivity index (χ4n) is 3.26. The highest BCUT2D eigenvalue weighted by atomic mass is 16.5. The van der Waals surface area contributed by atoms with E-state index in [1.807, 2.05) is 23.1 Å². The van der Waals surface area contributed by atoms with Crippen LogP contribution in [0.15, 0.2) is 24.3 Å². The second kappa shape index (κ2) is 8.24. The highest BCUT2D eigenvalue weighted by Gasteiger charge is 2.22. The topological polar surface area (TPSA) is 54.0 Å². The van der Waals surface area contributed by atoms with Crippen LogP contribution in [-0.2, 0) is 4.74 Å². The van der Waals surface area contributed by atoms with Gasteiger partial charge in [-0.2, -0.15) is 0 Å². The first-order chi connectivity index (χ1) is 11.8. The number of hydrogen-bond acceptors (Lipinski definition) is 4. The van der Waals surface area contributed by atoms with E-state index in [0.29, 0.717) is 6.54 Å². The molecule has 1 atom stereocenters. The largest absolute Gasteiger partial charge is 0.497 e. The lowest BCUT2D eigenvalue weighted by molar-refractivity contribution is 0.0177. The molecule has 6 nitrogen and oxygen atoms in total. The molecule has 132 valence electrons. The van der Waals surface area contributed by atoms with Crippen molar-refractivity contribution in [2.24, 2.45) is 0 Å². The lowest BCUT2D eigenvalue weighted by atomic mass is 10.1. The Hall–Kier alpha value is -1.95. The molecular formula is C18H27N3O3. The van der Waals surface area contributed by atoms with E-state index in [0.717, 1.165) is 57.1 Å². The molecular weight excluding hydrogens is 306 g/mol. The second-order valence-electron chi connectivity index (χ2n) is 6.35. The normalized spacial score (nSPS) is 21.5. The third-order valence-electron chi connectivity index (χ3n) is 4.74. The molecule has 1 aromatic carbocycles. The maximum absolute atomic E-state index is 12.3. The number of rotatable bonds is 4. The minimum Gasteiger partial charge on any atom is -0.497 e. The summed E-state index contributed by atoms with van der Waals surface area (Å²) in [6.45, 7) is 4.57. The first-order valence-corrected chi connectivity index (χ1v) is 8.79. The standard InChI is InChI=1S/C18H27N3O3/c1-23-16-7-4-5-15(13-16)20-8-10-21(11-9-20)18(22)19-14-17-6-2-3-12-24-17/h4-5,7,13,17H,2-3,6,8-12,14H2,1H3,(H,19,22)/t17-/m1/s1.